The quantitative estimate of drug-likeness (QED) is 0.585. The minimum Gasteiger partial charge on any atom is -0.492 e. The molecule has 2 aromatic rings. The molecule has 0 fully saturated rings. The molecule has 0 spiro atoms. The molecule has 0 aliphatic heterocycles. The number of anilines is 1. The molecule has 6 nitrogen and oxygen atoms in total. The third-order valence-electron chi connectivity index (χ3n) is 3.49. The Hall–Kier alpha value is -2.45. The first kappa shape index (κ1) is 20.9. The van der Waals surface area contributed by atoms with E-state index >= 15 is 0 Å². The summed E-state index contributed by atoms with van der Waals surface area (Å²) in [6, 6.07) is 11.9. The van der Waals surface area contributed by atoms with Gasteiger partial charge in [0.05, 0.1) is 11.1 Å². The zero-order chi connectivity index (χ0) is 19.8. The average Bonchev–Trinajstić information content (AvgIpc) is 2.66. The Morgan fingerprint density at radius 1 is 1.11 bits per heavy atom. The monoisotopic (exact) mass is 449 g/mol. The van der Waals surface area contributed by atoms with Gasteiger partial charge in [0.1, 0.15) is 5.75 Å². The van der Waals surface area contributed by atoms with Gasteiger partial charge in [-0.05, 0) is 71.0 Å². The summed E-state index contributed by atoms with van der Waals surface area (Å²) in [6.45, 7) is 2.63. The van der Waals surface area contributed by atoms with E-state index in [1.807, 2.05) is 6.92 Å². The number of benzene rings is 2. The summed E-state index contributed by atoms with van der Waals surface area (Å²) in [4.78, 5) is 24.1. The molecule has 142 valence electrons. The molecule has 0 radical (unpaired) electrons. The van der Waals surface area contributed by atoms with Gasteiger partial charge in [-0.25, -0.2) is 0 Å². The number of amides is 2. The Morgan fingerprint density at radius 2 is 1.85 bits per heavy atom. The number of hydrogen-bond donors (Lipinski definition) is 3. The molecule has 0 aromatic heterocycles. The highest BCUT2D eigenvalue weighted by molar-refractivity contribution is 9.10. The summed E-state index contributed by atoms with van der Waals surface area (Å²) >= 11 is 8.59. The van der Waals surface area contributed by atoms with E-state index in [4.69, 9.17) is 17.0 Å². The third kappa shape index (κ3) is 6.04. The Bertz CT molecular complexity index is 858. The second kappa shape index (κ2) is 10.0. The van der Waals surface area contributed by atoms with Crippen LogP contribution in [0.2, 0.25) is 0 Å². The Morgan fingerprint density at radius 3 is 2.52 bits per heavy atom. The maximum atomic E-state index is 12.4. The number of hydrogen-bond acceptors (Lipinski definition) is 4. The van der Waals surface area contributed by atoms with E-state index in [9.17, 15) is 9.59 Å². The SMILES string of the molecule is CCCOc1ccc(C(=O)NC(=S)Nc2cccc(C(=O)NC)c2)cc1Br. The van der Waals surface area contributed by atoms with Gasteiger partial charge >= 0.3 is 0 Å². The van der Waals surface area contributed by atoms with E-state index in [1.54, 1.807) is 49.5 Å². The largest absolute Gasteiger partial charge is 0.492 e. The molecule has 2 rings (SSSR count). The Kier molecular flexibility index (Phi) is 7.75. The first-order valence-electron chi connectivity index (χ1n) is 8.31. The van der Waals surface area contributed by atoms with Gasteiger partial charge in [-0.15, -0.1) is 0 Å². The van der Waals surface area contributed by atoms with Crippen LogP contribution in [0.15, 0.2) is 46.9 Å². The van der Waals surface area contributed by atoms with Crippen molar-refractivity contribution >= 4 is 50.8 Å². The maximum absolute atomic E-state index is 12.4. The van der Waals surface area contributed by atoms with E-state index < -0.39 is 0 Å². The number of carbonyl (C=O) groups excluding carboxylic acids is 2. The van der Waals surface area contributed by atoms with Crippen molar-refractivity contribution < 1.29 is 14.3 Å². The van der Waals surface area contributed by atoms with E-state index in [2.05, 4.69) is 31.9 Å². The molecule has 0 bridgehead atoms. The topological polar surface area (TPSA) is 79.5 Å². The van der Waals surface area contributed by atoms with Crippen LogP contribution in [0.4, 0.5) is 5.69 Å². The molecular formula is C19H20BrN3O3S. The smallest absolute Gasteiger partial charge is 0.257 e. The van der Waals surface area contributed by atoms with Gasteiger partial charge in [0.2, 0.25) is 0 Å². The molecule has 0 unspecified atom stereocenters. The van der Waals surface area contributed by atoms with E-state index in [0.29, 0.717) is 33.6 Å². The highest BCUT2D eigenvalue weighted by Gasteiger charge is 2.11. The molecule has 2 amide bonds. The summed E-state index contributed by atoms with van der Waals surface area (Å²) in [5.41, 5.74) is 1.53. The van der Waals surface area contributed by atoms with Crippen LogP contribution < -0.4 is 20.7 Å². The van der Waals surface area contributed by atoms with Crippen molar-refractivity contribution in [2.75, 3.05) is 19.0 Å². The molecule has 0 aliphatic carbocycles. The highest BCUT2D eigenvalue weighted by atomic mass is 79.9. The zero-order valence-electron chi connectivity index (χ0n) is 15.0. The third-order valence-corrected chi connectivity index (χ3v) is 4.32. The number of ether oxygens (including phenoxy) is 1. The molecule has 27 heavy (non-hydrogen) atoms. The zero-order valence-corrected chi connectivity index (χ0v) is 17.4. The van der Waals surface area contributed by atoms with E-state index in [-0.39, 0.29) is 16.9 Å². The van der Waals surface area contributed by atoms with Crippen LogP contribution in [0.3, 0.4) is 0 Å². The minimum atomic E-state index is -0.349. The number of nitrogens with one attached hydrogen (secondary N) is 3. The number of thiocarbonyl (C=S) groups is 1. The fourth-order valence-electron chi connectivity index (χ4n) is 2.19. The summed E-state index contributed by atoms with van der Waals surface area (Å²) in [5, 5.41) is 8.20. The first-order chi connectivity index (χ1) is 12.9. The fourth-order valence-corrected chi connectivity index (χ4v) is 2.90. The average molecular weight is 450 g/mol. The second-order valence-electron chi connectivity index (χ2n) is 5.56. The predicted molar refractivity (Wildman–Crippen MR) is 113 cm³/mol. The predicted octanol–water partition coefficient (Wildman–Crippen LogP) is 3.72. The van der Waals surface area contributed by atoms with E-state index in [1.165, 1.54) is 0 Å². The summed E-state index contributed by atoms with van der Waals surface area (Å²) < 4.78 is 6.27. The lowest BCUT2D eigenvalue weighted by atomic mass is 10.2. The van der Waals surface area contributed by atoms with Gasteiger partial charge in [0.25, 0.3) is 11.8 Å². The molecule has 8 heteroatoms. The van der Waals surface area contributed by atoms with Crippen molar-refractivity contribution in [1.82, 2.24) is 10.6 Å². The van der Waals surface area contributed by atoms with Crippen LogP contribution in [0, 0.1) is 0 Å². The minimum absolute atomic E-state index is 0.136. The number of carbonyl (C=O) groups is 2. The fraction of sp³-hybridized carbons (Fsp3) is 0.211. The van der Waals surface area contributed by atoms with Gasteiger partial charge in [-0.1, -0.05) is 13.0 Å². The van der Waals surface area contributed by atoms with Crippen molar-refractivity contribution in [3.05, 3.63) is 58.1 Å². The van der Waals surface area contributed by atoms with Crippen LogP contribution in [0.25, 0.3) is 0 Å². The van der Waals surface area contributed by atoms with Crippen LogP contribution in [-0.2, 0) is 0 Å². The Balaban J connectivity index is 2.00. The maximum Gasteiger partial charge on any atom is 0.257 e. The van der Waals surface area contributed by atoms with Gasteiger partial charge in [-0.3, -0.25) is 14.9 Å². The van der Waals surface area contributed by atoms with Gasteiger partial charge in [0, 0.05) is 23.9 Å². The molecule has 2 aromatic carbocycles. The van der Waals surface area contributed by atoms with Gasteiger partial charge in [-0.2, -0.15) is 0 Å². The van der Waals surface area contributed by atoms with Crippen LogP contribution >= 0.6 is 28.1 Å². The van der Waals surface area contributed by atoms with Crippen molar-refractivity contribution in [2.24, 2.45) is 0 Å². The Labute approximate surface area is 171 Å². The molecule has 0 heterocycles. The second-order valence-corrected chi connectivity index (χ2v) is 6.82. The highest BCUT2D eigenvalue weighted by Crippen LogP contribution is 2.26. The summed E-state index contributed by atoms with van der Waals surface area (Å²) in [6.07, 6.45) is 0.899. The van der Waals surface area contributed by atoms with Crippen LogP contribution in [0.5, 0.6) is 5.75 Å². The van der Waals surface area contributed by atoms with Gasteiger partial charge in [0.15, 0.2) is 5.11 Å². The molecule has 0 aliphatic rings. The van der Waals surface area contributed by atoms with Crippen LogP contribution in [0.1, 0.15) is 34.1 Å². The lowest BCUT2D eigenvalue weighted by Crippen LogP contribution is -2.34. The molecular weight excluding hydrogens is 430 g/mol. The van der Waals surface area contributed by atoms with Gasteiger partial charge < -0.3 is 15.4 Å². The van der Waals surface area contributed by atoms with Crippen molar-refractivity contribution in [3.8, 4) is 5.75 Å². The summed E-state index contributed by atoms with van der Waals surface area (Å²) in [5.74, 6) is 0.127. The van der Waals surface area contributed by atoms with Crippen LogP contribution in [-0.4, -0.2) is 30.6 Å². The van der Waals surface area contributed by atoms with Crippen molar-refractivity contribution in [3.63, 3.8) is 0 Å². The summed E-state index contributed by atoms with van der Waals surface area (Å²) in [7, 11) is 1.56. The lowest BCUT2D eigenvalue weighted by Gasteiger charge is -2.12. The first-order valence-corrected chi connectivity index (χ1v) is 9.51. The molecule has 0 atom stereocenters. The lowest BCUT2D eigenvalue weighted by molar-refractivity contribution is 0.0959. The molecule has 0 saturated heterocycles. The number of rotatable bonds is 6. The number of halogens is 1. The van der Waals surface area contributed by atoms with E-state index in [0.717, 1.165) is 6.42 Å². The standard InChI is InChI=1S/C19H20BrN3O3S/c1-3-9-26-16-8-7-13(11-15(16)20)18(25)23-19(27)22-14-6-4-5-12(10-14)17(24)21-2/h4-8,10-11H,3,9H2,1-2H3,(H,21,24)(H2,22,23,25,27). The molecule has 3 N–H and O–H groups in total. The van der Waals surface area contributed by atoms with Crippen molar-refractivity contribution in [1.29, 1.82) is 0 Å². The normalized spacial score (nSPS) is 10.0. The van der Waals surface area contributed by atoms with Crippen molar-refractivity contribution in [2.45, 2.75) is 13.3 Å². The molecule has 0 saturated carbocycles.